The van der Waals surface area contributed by atoms with Gasteiger partial charge < -0.3 is 4.90 Å². The van der Waals surface area contributed by atoms with Crippen molar-refractivity contribution < 1.29 is 0 Å². The van der Waals surface area contributed by atoms with E-state index < -0.39 is 0 Å². The van der Waals surface area contributed by atoms with Crippen molar-refractivity contribution in [1.29, 1.82) is 0 Å². The normalized spacial score (nSPS) is 25.8. The van der Waals surface area contributed by atoms with Gasteiger partial charge in [0.25, 0.3) is 0 Å². The van der Waals surface area contributed by atoms with E-state index in [2.05, 4.69) is 4.90 Å². The first-order valence-corrected chi connectivity index (χ1v) is 5.67. The number of nitrogens with zero attached hydrogens (tertiary/aromatic N) is 1. The van der Waals surface area contributed by atoms with Crippen LogP contribution in [0, 0.1) is 5.92 Å². The van der Waals surface area contributed by atoms with E-state index in [1.807, 2.05) is 0 Å². The Labute approximate surface area is 88.3 Å². The van der Waals surface area contributed by atoms with Gasteiger partial charge >= 0.3 is 0 Å². The lowest BCUT2D eigenvalue weighted by Gasteiger charge is -2.28. The van der Waals surface area contributed by atoms with Crippen molar-refractivity contribution in [2.75, 3.05) is 19.6 Å². The second-order valence-corrected chi connectivity index (χ2v) is 4.51. The Hall–Kier alpha value is 0.250. The van der Waals surface area contributed by atoms with Crippen molar-refractivity contribution in [3.8, 4) is 0 Å². The number of hydrogen-bond donors (Lipinski definition) is 0. The van der Waals surface area contributed by atoms with Gasteiger partial charge in [-0.25, -0.2) is 0 Å². The molecule has 0 unspecified atom stereocenters. The van der Waals surface area contributed by atoms with E-state index in [0.29, 0.717) is 0 Å². The molecule has 1 nitrogen and oxygen atoms in total. The molecule has 0 aromatic rings. The van der Waals surface area contributed by atoms with Gasteiger partial charge in [0.15, 0.2) is 0 Å². The lowest BCUT2D eigenvalue weighted by atomic mass is 10.1. The number of likely N-dealkylation sites (tertiary alicyclic amines) is 1. The predicted octanol–water partition coefficient (Wildman–Crippen LogP) is 3.08. The maximum atomic E-state index is 2.69. The molecule has 0 aromatic carbocycles. The van der Waals surface area contributed by atoms with Crippen molar-refractivity contribution in [3.63, 3.8) is 0 Å². The van der Waals surface area contributed by atoms with Crippen LogP contribution in [0.25, 0.3) is 0 Å². The predicted molar refractivity (Wildman–Crippen MR) is 59.5 cm³/mol. The van der Waals surface area contributed by atoms with E-state index in [9.17, 15) is 0 Å². The molecule has 13 heavy (non-hydrogen) atoms. The highest BCUT2D eigenvalue weighted by atomic mass is 35.5. The van der Waals surface area contributed by atoms with Gasteiger partial charge in [0.2, 0.25) is 0 Å². The van der Waals surface area contributed by atoms with E-state index in [-0.39, 0.29) is 12.4 Å². The zero-order chi connectivity index (χ0) is 8.23. The Morgan fingerprint density at radius 1 is 0.846 bits per heavy atom. The van der Waals surface area contributed by atoms with Crippen LogP contribution in [0.5, 0.6) is 0 Å². The molecule has 0 bridgehead atoms. The Bertz CT molecular complexity index is 126. The Morgan fingerprint density at radius 2 is 1.46 bits per heavy atom. The van der Waals surface area contributed by atoms with Crippen LogP contribution in [0.15, 0.2) is 0 Å². The maximum absolute atomic E-state index is 2.69. The standard InChI is InChI=1S/C11H21N.ClH/c1-4-8-12(9-5-1)10-11-6-2-3-7-11;/h11H,1-10H2;1H. The van der Waals surface area contributed by atoms with Crippen LogP contribution in [-0.2, 0) is 0 Å². The average molecular weight is 204 g/mol. The highest BCUT2D eigenvalue weighted by Crippen LogP contribution is 2.26. The fourth-order valence-corrected chi connectivity index (χ4v) is 2.70. The first kappa shape index (κ1) is 11.3. The highest BCUT2D eigenvalue weighted by Gasteiger charge is 2.19. The molecule has 2 heteroatoms. The quantitative estimate of drug-likeness (QED) is 0.667. The molecule has 1 saturated heterocycles. The lowest BCUT2D eigenvalue weighted by Crippen LogP contribution is -2.33. The maximum Gasteiger partial charge on any atom is 0.000965 e. The summed E-state index contributed by atoms with van der Waals surface area (Å²) in [5.41, 5.74) is 0. The van der Waals surface area contributed by atoms with Gasteiger partial charge in [0, 0.05) is 6.54 Å². The van der Waals surface area contributed by atoms with E-state index in [0.717, 1.165) is 5.92 Å². The van der Waals surface area contributed by atoms with Gasteiger partial charge in [-0.1, -0.05) is 19.3 Å². The van der Waals surface area contributed by atoms with Crippen LogP contribution >= 0.6 is 12.4 Å². The van der Waals surface area contributed by atoms with Crippen LogP contribution in [0.2, 0.25) is 0 Å². The molecule has 1 saturated carbocycles. The lowest BCUT2D eigenvalue weighted by molar-refractivity contribution is 0.196. The molecular weight excluding hydrogens is 182 g/mol. The molecule has 2 aliphatic rings. The minimum Gasteiger partial charge on any atom is -0.303 e. The summed E-state index contributed by atoms with van der Waals surface area (Å²) in [5.74, 6) is 1.06. The van der Waals surface area contributed by atoms with Crippen molar-refractivity contribution in [3.05, 3.63) is 0 Å². The first-order valence-electron chi connectivity index (χ1n) is 5.67. The molecular formula is C11H22ClN. The zero-order valence-electron chi connectivity index (χ0n) is 8.50. The van der Waals surface area contributed by atoms with Crippen LogP contribution in [0.3, 0.4) is 0 Å². The molecule has 0 atom stereocenters. The Morgan fingerprint density at radius 3 is 2.08 bits per heavy atom. The topological polar surface area (TPSA) is 3.24 Å². The first-order chi connectivity index (χ1) is 5.95. The van der Waals surface area contributed by atoms with E-state index in [4.69, 9.17) is 0 Å². The number of hydrogen-bond acceptors (Lipinski definition) is 1. The molecule has 2 fully saturated rings. The molecule has 0 aromatic heterocycles. The number of rotatable bonds is 2. The van der Waals surface area contributed by atoms with Crippen molar-refractivity contribution in [2.45, 2.75) is 44.9 Å². The molecule has 78 valence electrons. The fourth-order valence-electron chi connectivity index (χ4n) is 2.70. The molecule has 1 aliphatic heterocycles. The average Bonchev–Trinajstić information content (AvgIpc) is 2.59. The van der Waals surface area contributed by atoms with Crippen LogP contribution in [-0.4, -0.2) is 24.5 Å². The summed E-state index contributed by atoms with van der Waals surface area (Å²) in [6.45, 7) is 4.19. The van der Waals surface area contributed by atoms with E-state index >= 15 is 0 Å². The zero-order valence-corrected chi connectivity index (χ0v) is 9.32. The van der Waals surface area contributed by atoms with Gasteiger partial charge in [-0.2, -0.15) is 0 Å². The minimum atomic E-state index is 0. The Balaban J connectivity index is 0.000000845. The van der Waals surface area contributed by atoms with Gasteiger partial charge in [-0.3, -0.25) is 0 Å². The second kappa shape index (κ2) is 5.87. The summed E-state index contributed by atoms with van der Waals surface area (Å²) in [6.07, 6.45) is 10.4. The summed E-state index contributed by atoms with van der Waals surface area (Å²) in [5, 5.41) is 0. The van der Waals surface area contributed by atoms with Gasteiger partial charge in [0.05, 0.1) is 0 Å². The molecule has 0 spiro atoms. The number of piperidine rings is 1. The van der Waals surface area contributed by atoms with Gasteiger partial charge in [-0.15, -0.1) is 12.4 Å². The van der Waals surface area contributed by atoms with Crippen molar-refractivity contribution >= 4 is 12.4 Å². The van der Waals surface area contributed by atoms with Crippen LogP contribution in [0.1, 0.15) is 44.9 Å². The molecule has 1 aliphatic carbocycles. The van der Waals surface area contributed by atoms with Crippen molar-refractivity contribution in [2.24, 2.45) is 5.92 Å². The summed E-state index contributed by atoms with van der Waals surface area (Å²) in [7, 11) is 0. The third kappa shape index (κ3) is 3.47. The van der Waals surface area contributed by atoms with Crippen LogP contribution in [0.4, 0.5) is 0 Å². The van der Waals surface area contributed by atoms with Crippen molar-refractivity contribution in [1.82, 2.24) is 4.90 Å². The van der Waals surface area contributed by atoms with Gasteiger partial charge in [0.1, 0.15) is 0 Å². The summed E-state index contributed by atoms with van der Waals surface area (Å²) in [4.78, 5) is 2.69. The van der Waals surface area contributed by atoms with E-state index in [1.54, 1.807) is 0 Å². The molecule has 2 rings (SSSR count). The SMILES string of the molecule is C1CCN(CC2CCCC2)CC1.Cl. The third-order valence-corrected chi connectivity index (χ3v) is 3.44. The fraction of sp³-hybridized carbons (Fsp3) is 1.00. The molecule has 0 N–H and O–H groups in total. The van der Waals surface area contributed by atoms with Crippen LogP contribution < -0.4 is 0 Å². The third-order valence-electron chi connectivity index (χ3n) is 3.44. The second-order valence-electron chi connectivity index (χ2n) is 4.51. The summed E-state index contributed by atoms with van der Waals surface area (Å²) in [6, 6.07) is 0. The largest absolute Gasteiger partial charge is 0.303 e. The smallest absolute Gasteiger partial charge is 0.000965 e. The van der Waals surface area contributed by atoms with Gasteiger partial charge in [-0.05, 0) is 44.7 Å². The monoisotopic (exact) mass is 203 g/mol. The summed E-state index contributed by atoms with van der Waals surface area (Å²) >= 11 is 0. The van der Waals surface area contributed by atoms with E-state index in [1.165, 1.54) is 64.6 Å². The Kier molecular flexibility index (Phi) is 5.12. The summed E-state index contributed by atoms with van der Waals surface area (Å²) < 4.78 is 0. The highest BCUT2D eigenvalue weighted by molar-refractivity contribution is 5.85. The molecule has 0 radical (unpaired) electrons. The number of halogens is 1. The minimum absolute atomic E-state index is 0. The molecule has 0 amide bonds. The molecule has 1 heterocycles.